The van der Waals surface area contributed by atoms with Gasteiger partial charge in [-0.05, 0) is 61.9 Å². The molecule has 2 aliphatic heterocycles. The minimum atomic E-state index is -3.58. The van der Waals surface area contributed by atoms with Crippen molar-refractivity contribution in [1.29, 1.82) is 0 Å². The van der Waals surface area contributed by atoms with Gasteiger partial charge in [-0.2, -0.15) is 0 Å². The zero-order chi connectivity index (χ0) is 30.4. The summed E-state index contributed by atoms with van der Waals surface area (Å²) in [6.07, 6.45) is 0. The van der Waals surface area contributed by atoms with E-state index in [0.29, 0.717) is 47.6 Å². The fourth-order valence-electron chi connectivity index (χ4n) is 5.10. The highest BCUT2D eigenvalue weighted by molar-refractivity contribution is 7.62. The molecular weight excluding hydrogens is 567 g/mol. The maximum absolute atomic E-state index is 13.6. The number of likely N-dealkylation sites (N-methyl/N-ethyl adjacent to an activating group) is 1. The van der Waals surface area contributed by atoms with Gasteiger partial charge in [-0.15, -0.1) is 0 Å². The molecule has 3 aromatic rings. The van der Waals surface area contributed by atoms with Crippen molar-refractivity contribution in [3.63, 3.8) is 0 Å². The van der Waals surface area contributed by atoms with Gasteiger partial charge >= 0.3 is 7.60 Å². The number of anilines is 3. The van der Waals surface area contributed by atoms with Gasteiger partial charge in [-0.1, -0.05) is 30.3 Å². The number of nitrogens with one attached hydrogen (secondary N) is 2. The SMILES string of the molecule is CCOP(=O)(OCC)c1ccc2c(c1)/C(=C(/Nc1ccc(N(C)C(=O)CN3CCOCC3)cc1)c1ccccc1)C(=O)N2. The number of carbonyl (C=O) groups is 2. The third kappa shape index (κ3) is 6.90. The Labute approximate surface area is 252 Å². The first-order chi connectivity index (χ1) is 20.8. The second-order valence-corrected chi connectivity index (χ2v) is 12.2. The van der Waals surface area contributed by atoms with E-state index < -0.39 is 7.60 Å². The number of carbonyl (C=O) groups excluding carboxylic acids is 2. The van der Waals surface area contributed by atoms with Crippen LogP contribution in [-0.2, 0) is 27.9 Å². The lowest BCUT2D eigenvalue weighted by molar-refractivity contribution is -0.120. The molecular formula is C32H37N4O6P. The van der Waals surface area contributed by atoms with E-state index in [0.717, 1.165) is 30.0 Å². The number of nitrogens with zero attached hydrogens (tertiary/aromatic N) is 2. The molecule has 2 amide bonds. The van der Waals surface area contributed by atoms with Gasteiger partial charge in [-0.3, -0.25) is 19.1 Å². The highest BCUT2D eigenvalue weighted by Crippen LogP contribution is 2.48. The average molecular weight is 605 g/mol. The standard InChI is InChI=1S/C32H37N4O6P/c1-4-41-43(39,42-5-2)26-15-16-28-27(21-26)30(32(38)34-28)31(23-9-7-6-8-10-23)33-24-11-13-25(14-12-24)35(3)29(37)22-36-17-19-40-20-18-36/h6-16,21,33H,4-5,17-20,22H2,1-3H3,(H,34,38)/b31-30-. The van der Waals surface area contributed by atoms with E-state index >= 15 is 0 Å². The molecule has 3 aromatic carbocycles. The number of rotatable bonds is 11. The molecule has 43 heavy (non-hydrogen) atoms. The Morgan fingerprint density at radius 3 is 2.33 bits per heavy atom. The normalized spacial score (nSPS) is 16.4. The molecule has 0 bridgehead atoms. The molecule has 1 fully saturated rings. The van der Waals surface area contributed by atoms with Gasteiger partial charge < -0.3 is 29.3 Å². The predicted molar refractivity (Wildman–Crippen MR) is 170 cm³/mol. The van der Waals surface area contributed by atoms with Crippen LogP contribution in [0.2, 0.25) is 0 Å². The predicted octanol–water partition coefficient (Wildman–Crippen LogP) is 4.81. The van der Waals surface area contributed by atoms with Crippen LogP contribution in [-0.4, -0.2) is 69.8 Å². The smallest absolute Gasteiger partial charge is 0.361 e. The summed E-state index contributed by atoms with van der Waals surface area (Å²) >= 11 is 0. The number of fused-ring (bicyclic) bond motifs is 1. The van der Waals surface area contributed by atoms with E-state index in [9.17, 15) is 14.2 Å². The molecule has 1 saturated heterocycles. The van der Waals surface area contributed by atoms with Crippen LogP contribution in [0.4, 0.5) is 17.1 Å². The van der Waals surface area contributed by atoms with Crippen molar-refractivity contribution in [3.8, 4) is 0 Å². The van der Waals surface area contributed by atoms with Crippen LogP contribution in [0.25, 0.3) is 11.3 Å². The Hall–Kier alpha value is -3.79. The monoisotopic (exact) mass is 604 g/mol. The maximum Gasteiger partial charge on any atom is 0.361 e. The Morgan fingerprint density at radius 1 is 1.00 bits per heavy atom. The summed E-state index contributed by atoms with van der Waals surface area (Å²) in [4.78, 5) is 30.1. The third-order valence-electron chi connectivity index (χ3n) is 7.34. The lowest BCUT2D eigenvalue weighted by Gasteiger charge is -2.28. The quantitative estimate of drug-likeness (QED) is 0.237. The van der Waals surface area contributed by atoms with Gasteiger partial charge in [0.25, 0.3) is 5.91 Å². The molecule has 0 spiro atoms. The molecule has 0 aromatic heterocycles. The van der Waals surface area contributed by atoms with Crippen molar-refractivity contribution < 1.29 is 27.9 Å². The van der Waals surface area contributed by atoms with E-state index in [-0.39, 0.29) is 25.0 Å². The molecule has 5 rings (SSSR count). The zero-order valence-electron chi connectivity index (χ0n) is 24.7. The Morgan fingerprint density at radius 2 is 1.67 bits per heavy atom. The van der Waals surface area contributed by atoms with Crippen LogP contribution >= 0.6 is 7.60 Å². The average Bonchev–Trinajstić information content (AvgIpc) is 3.35. The molecule has 10 nitrogen and oxygen atoms in total. The van der Waals surface area contributed by atoms with Crippen LogP contribution in [0.3, 0.4) is 0 Å². The molecule has 226 valence electrons. The first-order valence-electron chi connectivity index (χ1n) is 14.4. The van der Waals surface area contributed by atoms with Crippen LogP contribution < -0.4 is 20.8 Å². The second kappa shape index (κ2) is 13.7. The number of amides is 2. The minimum absolute atomic E-state index is 0.00105. The summed E-state index contributed by atoms with van der Waals surface area (Å²) in [6, 6.07) is 22.1. The van der Waals surface area contributed by atoms with Crippen LogP contribution in [0.5, 0.6) is 0 Å². The first-order valence-corrected chi connectivity index (χ1v) is 16.0. The van der Waals surface area contributed by atoms with Crippen molar-refractivity contribution in [1.82, 2.24) is 4.90 Å². The molecule has 2 heterocycles. The highest BCUT2D eigenvalue weighted by Gasteiger charge is 2.33. The molecule has 2 N–H and O–H groups in total. The van der Waals surface area contributed by atoms with E-state index in [4.69, 9.17) is 13.8 Å². The van der Waals surface area contributed by atoms with Crippen molar-refractivity contribution in [2.24, 2.45) is 0 Å². The molecule has 0 saturated carbocycles. The molecule has 0 aliphatic carbocycles. The molecule has 11 heteroatoms. The summed E-state index contributed by atoms with van der Waals surface area (Å²) in [7, 11) is -1.81. The van der Waals surface area contributed by atoms with E-state index in [2.05, 4.69) is 15.5 Å². The van der Waals surface area contributed by atoms with Crippen molar-refractivity contribution >= 4 is 53.0 Å². The van der Waals surface area contributed by atoms with Crippen LogP contribution in [0.1, 0.15) is 25.0 Å². The number of morpholine rings is 1. The second-order valence-electron chi connectivity index (χ2n) is 10.1. The first kappa shape index (κ1) is 30.7. The van der Waals surface area contributed by atoms with E-state index in [1.807, 2.05) is 54.6 Å². The maximum atomic E-state index is 13.6. The van der Waals surface area contributed by atoms with Crippen LogP contribution in [0, 0.1) is 0 Å². The largest absolute Gasteiger partial charge is 0.379 e. The number of hydrogen-bond acceptors (Lipinski definition) is 8. The fraction of sp³-hybridized carbons (Fsp3) is 0.312. The lowest BCUT2D eigenvalue weighted by atomic mass is 10.00. The molecule has 2 aliphatic rings. The third-order valence-corrected chi connectivity index (χ3v) is 9.44. The summed E-state index contributed by atoms with van der Waals surface area (Å²) in [5.41, 5.74) is 4.48. The van der Waals surface area contributed by atoms with Crippen LogP contribution in [0.15, 0.2) is 72.8 Å². The summed E-state index contributed by atoms with van der Waals surface area (Å²) in [5, 5.41) is 6.75. The summed E-state index contributed by atoms with van der Waals surface area (Å²) in [5.74, 6) is -0.285. The number of benzene rings is 3. The van der Waals surface area contributed by atoms with Crippen molar-refractivity contribution in [3.05, 3.63) is 83.9 Å². The van der Waals surface area contributed by atoms with Gasteiger partial charge in [0.05, 0.1) is 49.5 Å². The molecule has 0 unspecified atom stereocenters. The van der Waals surface area contributed by atoms with Crippen molar-refractivity contribution in [2.45, 2.75) is 13.8 Å². The topological polar surface area (TPSA) is 109 Å². The Balaban J connectivity index is 1.47. The van der Waals surface area contributed by atoms with Gasteiger partial charge in [-0.25, -0.2) is 0 Å². The Kier molecular flexibility index (Phi) is 9.75. The Bertz CT molecular complexity index is 1530. The highest BCUT2D eigenvalue weighted by atomic mass is 31.2. The van der Waals surface area contributed by atoms with E-state index in [1.54, 1.807) is 44.0 Å². The number of ether oxygens (including phenoxy) is 1. The van der Waals surface area contributed by atoms with Crippen molar-refractivity contribution in [2.75, 3.05) is 68.6 Å². The minimum Gasteiger partial charge on any atom is -0.379 e. The van der Waals surface area contributed by atoms with Gasteiger partial charge in [0, 0.05) is 42.8 Å². The van der Waals surface area contributed by atoms with Gasteiger partial charge in [0.2, 0.25) is 5.91 Å². The zero-order valence-corrected chi connectivity index (χ0v) is 25.6. The van der Waals surface area contributed by atoms with Gasteiger partial charge in [0.1, 0.15) is 0 Å². The lowest BCUT2D eigenvalue weighted by Crippen LogP contribution is -2.43. The van der Waals surface area contributed by atoms with Gasteiger partial charge in [0.15, 0.2) is 0 Å². The molecule has 0 radical (unpaired) electrons. The molecule has 0 atom stereocenters. The summed E-state index contributed by atoms with van der Waals surface area (Å²) in [6.45, 7) is 7.05. The fourth-order valence-corrected chi connectivity index (χ4v) is 6.69. The number of hydrogen-bond donors (Lipinski definition) is 2. The van der Waals surface area contributed by atoms with E-state index in [1.165, 1.54) is 0 Å². The summed E-state index contributed by atoms with van der Waals surface area (Å²) < 4.78 is 30.1.